The molecule has 0 aliphatic carbocycles. The molecule has 12 nitrogen and oxygen atoms in total. The van der Waals surface area contributed by atoms with Gasteiger partial charge in [0.05, 0.1) is 36.6 Å². The summed E-state index contributed by atoms with van der Waals surface area (Å²) in [6.07, 6.45) is 3.30. The summed E-state index contributed by atoms with van der Waals surface area (Å²) in [6.45, 7) is 0.449. The number of imidazole rings is 1. The van der Waals surface area contributed by atoms with Crippen LogP contribution in [0.2, 0.25) is 0 Å². The summed E-state index contributed by atoms with van der Waals surface area (Å²) >= 11 is 0. The number of rotatable bonds is 8. The highest BCUT2D eigenvalue weighted by molar-refractivity contribution is 5.92. The molecule has 0 spiro atoms. The number of nitrogens with zero attached hydrogens (tertiary/aromatic N) is 8. The van der Waals surface area contributed by atoms with Gasteiger partial charge in [0.15, 0.2) is 28.7 Å². The molecule has 1 fully saturated rings. The molecule has 5 aromatic rings. The van der Waals surface area contributed by atoms with Gasteiger partial charge >= 0.3 is 0 Å². The first kappa shape index (κ1) is 27.0. The van der Waals surface area contributed by atoms with Crippen LogP contribution in [0.25, 0.3) is 22.4 Å². The SMILES string of the molecule is COc1c(Nc2cc(Nc3cncc(C#N)n3)nc3c2nc(C(F)F)n3C2CCCCO2)cccc1-c1ccn(C)n1. The highest BCUT2D eigenvalue weighted by atomic mass is 19.3. The minimum atomic E-state index is -2.87. The molecule has 0 bridgehead atoms. The summed E-state index contributed by atoms with van der Waals surface area (Å²) < 4.78 is 43.5. The maximum atomic E-state index is 14.4. The van der Waals surface area contributed by atoms with Crippen molar-refractivity contribution in [1.29, 1.82) is 5.26 Å². The number of nitrogens with one attached hydrogen (secondary N) is 2. The number of alkyl halides is 2. The second-order valence-corrected chi connectivity index (χ2v) is 9.60. The van der Waals surface area contributed by atoms with Crippen molar-refractivity contribution in [2.75, 3.05) is 24.4 Å². The third kappa shape index (κ3) is 5.17. The van der Waals surface area contributed by atoms with Crippen molar-refractivity contribution in [2.45, 2.75) is 31.9 Å². The Bertz CT molecular complexity index is 1790. The maximum absolute atomic E-state index is 14.4. The molecule has 1 unspecified atom stereocenters. The first-order chi connectivity index (χ1) is 20.4. The number of nitriles is 1. The Morgan fingerprint density at radius 3 is 2.69 bits per heavy atom. The van der Waals surface area contributed by atoms with E-state index in [9.17, 15) is 14.0 Å². The van der Waals surface area contributed by atoms with E-state index in [-0.39, 0.29) is 28.5 Å². The van der Waals surface area contributed by atoms with E-state index >= 15 is 0 Å². The van der Waals surface area contributed by atoms with Crippen LogP contribution in [0.4, 0.5) is 31.8 Å². The molecule has 1 aliphatic heterocycles. The van der Waals surface area contributed by atoms with Crippen LogP contribution in [0.3, 0.4) is 0 Å². The van der Waals surface area contributed by atoms with E-state index in [1.807, 2.05) is 43.6 Å². The van der Waals surface area contributed by atoms with E-state index in [2.05, 4.69) is 35.7 Å². The fourth-order valence-electron chi connectivity index (χ4n) is 4.98. The molecule has 5 heterocycles. The second-order valence-electron chi connectivity index (χ2n) is 9.60. The Hall–Kier alpha value is -5.16. The van der Waals surface area contributed by atoms with Crippen LogP contribution in [0, 0.1) is 11.3 Å². The maximum Gasteiger partial charge on any atom is 0.295 e. The lowest BCUT2D eigenvalue weighted by molar-refractivity contribution is -0.0363. The Labute approximate surface area is 239 Å². The number of ether oxygens (including phenoxy) is 2. The molecular weight excluding hydrogens is 546 g/mol. The van der Waals surface area contributed by atoms with Gasteiger partial charge in [-0.3, -0.25) is 14.2 Å². The van der Waals surface area contributed by atoms with Gasteiger partial charge in [0, 0.05) is 31.5 Å². The molecule has 0 amide bonds. The molecule has 2 N–H and O–H groups in total. The summed E-state index contributed by atoms with van der Waals surface area (Å²) in [5.41, 5.74) is 2.93. The number of para-hydroxylation sites is 1. The molecular formula is C28H26F2N10O2. The van der Waals surface area contributed by atoms with E-state index in [1.165, 1.54) is 17.0 Å². The lowest BCUT2D eigenvalue weighted by atomic mass is 10.1. The molecule has 0 radical (unpaired) electrons. The van der Waals surface area contributed by atoms with Crippen LogP contribution in [0.5, 0.6) is 5.75 Å². The molecule has 1 aliphatic rings. The summed E-state index contributed by atoms with van der Waals surface area (Å²) in [4.78, 5) is 17.3. The van der Waals surface area contributed by atoms with Crippen LogP contribution >= 0.6 is 0 Å². The van der Waals surface area contributed by atoms with Crippen molar-refractivity contribution in [3.05, 3.63) is 60.4 Å². The van der Waals surface area contributed by atoms with Gasteiger partial charge in [0.25, 0.3) is 6.43 Å². The van der Waals surface area contributed by atoms with Gasteiger partial charge in [-0.15, -0.1) is 0 Å². The van der Waals surface area contributed by atoms with Crippen molar-refractivity contribution in [3.63, 3.8) is 0 Å². The molecule has 14 heteroatoms. The zero-order chi connectivity index (χ0) is 29.2. The number of pyridine rings is 1. The standard InChI is InChI=1S/C28H26F2N10O2/c1-39-10-9-18(38-39)17-6-5-7-19(25(17)41-2)34-20-12-21(35-22-15-32-14-16(13-31)33-22)36-27-24(20)37-28(26(29)30)40(27)23-8-3-4-11-42-23/h5-7,9-10,12,14-15,23,26H,3-4,8,11H2,1-2H3,(H2,33,34,35,36). The normalized spacial score (nSPS) is 15.1. The summed E-state index contributed by atoms with van der Waals surface area (Å²) in [5, 5.41) is 20.1. The van der Waals surface area contributed by atoms with Gasteiger partial charge in [-0.2, -0.15) is 10.4 Å². The predicted octanol–water partition coefficient (Wildman–Crippen LogP) is 5.63. The van der Waals surface area contributed by atoms with Gasteiger partial charge in [-0.1, -0.05) is 6.07 Å². The summed E-state index contributed by atoms with van der Waals surface area (Å²) in [5.74, 6) is 0.597. The van der Waals surface area contributed by atoms with Gasteiger partial charge < -0.3 is 20.1 Å². The molecule has 4 aromatic heterocycles. The van der Waals surface area contributed by atoms with Gasteiger partial charge in [0.1, 0.15) is 23.6 Å². The number of hydrogen-bond donors (Lipinski definition) is 2. The fourth-order valence-corrected chi connectivity index (χ4v) is 4.98. The van der Waals surface area contributed by atoms with Gasteiger partial charge in [-0.05, 0) is 37.5 Å². The first-order valence-corrected chi connectivity index (χ1v) is 13.2. The molecule has 214 valence electrons. The zero-order valence-electron chi connectivity index (χ0n) is 22.8. The Morgan fingerprint density at radius 2 is 1.98 bits per heavy atom. The monoisotopic (exact) mass is 572 g/mol. The Morgan fingerprint density at radius 1 is 1.10 bits per heavy atom. The van der Waals surface area contributed by atoms with Crippen LogP contribution in [0.1, 0.15) is 43.4 Å². The number of fused-ring (bicyclic) bond motifs is 1. The summed E-state index contributed by atoms with van der Waals surface area (Å²) in [6, 6.07) is 11.0. The number of methoxy groups -OCH3 is 1. The van der Waals surface area contributed by atoms with Crippen LogP contribution in [0.15, 0.2) is 48.9 Å². The van der Waals surface area contributed by atoms with E-state index in [0.29, 0.717) is 35.8 Å². The molecule has 0 saturated carbocycles. The minimum absolute atomic E-state index is 0.108. The number of benzene rings is 1. The third-order valence-electron chi connectivity index (χ3n) is 6.80. The van der Waals surface area contributed by atoms with E-state index in [4.69, 9.17) is 9.47 Å². The molecule has 42 heavy (non-hydrogen) atoms. The number of anilines is 4. The molecule has 1 atom stereocenters. The van der Waals surface area contributed by atoms with E-state index in [0.717, 1.165) is 18.4 Å². The lowest BCUT2D eigenvalue weighted by Gasteiger charge is -2.25. The van der Waals surface area contributed by atoms with Gasteiger partial charge in [0.2, 0.25) is 0 Å². The topological polar surface area (TPSA) is 141 Å². The van der Waals surface area contributed by atoms with Crippen LogP contribution < -0.4 is 15.4 Å². The number of aromatic nitrogens is 7. The summed E-state index contributed by atoms with van der Waals surface area (Å²) in [7, 11) is 3.37. The van der Waals surface area contributed by atoms with E-state index in [1.54, 1.807) is 17.9 Å². The van der Waals surface area contributed by atoms with Crippen molar-refractivity contribution in [1.82, 2.24) is 34.3 Å². The highest BCUT2D eigenvalue weighted by Crippen LogP contribution is 2.40. The fraction of sp³-hybridized carbons (Fsp3) is 0.286. The minimum Gasteiger partial charge on any atom is -0.494 e. The van der Waals surface area contributed by atoms with Gasteiger partial charge in [-0.25, -0.2) is 23.7 Å². The van der Waals surface area contributed by atoms with Crippen molar-refractivity contribution >= 4 is 34.2 Å². The van der Waals surface area contributed by atoms with Crippen LogP contribution in [-0.2, 0) is 11.8 Å². The Kier molecular flexibility index (Phi) is 7.32. The molecule has 6 rings (SSSR count). The van der Waals surface area contributed by atoms with Crippen molar-refractivity contribution in [3.8, 4) is 23.1 Å². The smallest absolute Gasteiger partial charge is 0.295 e. The number of aryl methyl sites for hydroxylation is 1. The van der Waals surface area contributed by atoms with Crippen LogP contribution in [-0.4, -0.2) is 48.0 Å². The quantitative estimate of drug-likeness (QED) is 0.240. The number of hydrogen-bond acceptors (Lipinski definition) is 10. The first-order valence-electron chi connectivity index (χ1n) is 13.2. The van der Waals surface area contributed by atoms with Crippen molar-refractivity contribution in [2.24, 2.45) is 7.05 Å². The zero-order valence-corrected chi connectivity index (χ0v) is 22.8. The molecule has 1 aromatic carbocycles. The van der Waals surface area contributed by atoms with Crippen molar-refractivity contribution < 1.29 is 18.3 Å². The Balaban J connectivity index is 1.51. The van der Waals surface area contributed by atoms with E-state index < -0.39 is 18.5 Å². The third-order valence-corrected chi connectivity index (χ3v) is 6.80. The second kappa shape index (κ2) is 11.4. The largest absolute Gasteiger partial charge is 0.494 e. The lowest BCUT2D eigenvalue weighted by Crippen LogP contribution is -2.20. The highest BCUT2D eigenvalue weighted by Gasteiger charge is 2.29. The predicted molar refractivity (Wildman–Crippen MR) is 150 cm³/mol. The molecule has 1 saturated heterocycles. The number of halogens is 2. The average molecular weight is 573 g/mol. The average Bonchev–Trinajstić information content (AvgIpc) is 3.61.